The van der Waals surface area contributed by atoms with E-state index in [0.717, 1.165) is 30.6 Å². The summed E-state index contributed by atoms with van der Waals surface area (Å²) in [5.74, 6) is -1.37. The summed E-state index contributed by atoms with van der Waals surface area (Å²) in [7, 11) is 0. The van der Waals surface area contributed by atoms with E-state index in [-0.39, 0.29) is 19.2 Å². The molecular weight excluding hydrogens is 223 g/mol. The Morgan fingerprint density at radius 3 is 2.25 bits per heavy atom. The van der Waals surface area contributed by atoms with Gasteiger partial charge in [0.1, 0.15) is 6.10 Å². The fourth-order valence-corrected chi connectivity index (χ4v) is 2.06. The minimum atomic E-state index is -4.19. The highest BCUT2D eigenvalue weighted by atomic mass is 19.4. The van der Waals surface area contributed by atoms with Crippen LogP contribution in [0.3, 0.4) is 0 Å². The Bertz CT molecular complexity index is 268. The Kier molecular flexibility index (Phi) is 2.99. The van der Waals surface area contributed by atoms with Crippen molar-refractivity contribution in [1.29, 1.82) is 0 Å². The van der Waals surface area contributed by atoms with Gasteiger partial charge in [-0.05, 0) is 25.7 Å². The third-order valence-electron chi connectivity index (χ3n) is 3.17. The first kappa shape index (κ1) is 11.5. The Labute approximate surface area is 91.5 Å². The van der Waals surface area contributed by atoms with Crippen LogP contribution in [0.4, 0.5) is 18.0 Å². The molecule has 0 aromatic heterocycles. The number of ether oxygens (including phenoxy) is 1. The second kappa shape index (κ2) is 4.14. The molecule has 1 heterocycles. The van der Waals surface area contributed by atoms with E-state index < -0.39 is 18.2 Å². The summed E-state index contributed by atoms with van der Waals surface area (Å²) >= 11 is 0. The molecule has 0 aromatic carbocycles. The van der Waals surface area contributed by atoms with Crippen LogP contribution in [0, 0.1) is 5.92 Å². The Hall–Kier alpha value is -0.940. The molecule has 16 heavy (non-hydrogen) atoms. The number of hydrogen-bond donors (Lipinski definition) is 0. The van der Waals surface area contributed by atoms with Gasteiger partial charge < -0.3 is 9.64 Å². The van der Waals surface area contributed by atoms with E-state index in [4.69, 9.17) is 4.74 Å². The number of carbonyl (C=O) groups is 1. The van der Waals surface area contributed by atoms with Crippen LogP contribution in [0.5, 0.6) is 0 Å². The molecule has 1 aliphatic heterocycles. The van der Waals surface area contributed by atoms with Crippen molar-refractivity contribution in [2.24, 2.45) is 5.92 Å². The predicted octanol–water partition coefficient (Wildman–Crippen LogP) is 2.56. The zero-order chi connectivity index (χ0) is 11.8. The van der Waals surface area contributed by atoms with Crippen LogP contribution in [-0.4, -0.2) is 36.4 Å². The maximum atomic E-state index is 12.2. The molecule has 1 saturated carbocycles. The van der Waals surface area contributed by atoms with E-state index in [1.165, 1.54) is 0 Å². The molecule has 92 valence electrons. The molecule has 1 amide bonds. The summed E-state index contributed by atoms with van der Waals surface area (Å²) in [5, 5.41) is 0. The summed E-state index contributed by atoms with van der Waals surface area (Å²) in [4.78, 5) is 12.5. The normalized spacial score (nSPS) is 23.3. The van der Waals surface area contributed by atoms with Gasteiger partial charge >= 0.3 is 12.3 Å². The van der Waals surface area contributed by atoms with Crippen molar-refractivity contribution in [1.82, 2.24) is 4.90 Å². The largest absolute Gasteiger partial charge is 0.446 e. The highest BCUT2D eigenvalue weighted by molar-refractivity contribution is 5.68. The lowest BCUT2D eigenvalue weighted by Gasteiger charge is -2.39. The molecule has 1 saturated heterocycles. The van der Waals surface area contributed by atoms with Crippen molar-refractivity contribution >= 4 is 6.09 Å². The van der Waals surface area contributed by atoms with E-state index in [2.05, 4.69) is 0 Å². The molecule has 3 nitrogen and oxygen atoms in total. The lowest BCUT2D eigenvalue weighted by Crippen LogP contribution is -2.56. The van der Waals surface area contributed by atoms with Crippen LogP contribution < -0.4 is 0 Å². The number of amides is 1. The molecule has 6 heteroatoms. The summed E-state index contributed by atoms with van der Waals surface area (Å²) in [5.41, 5.74) is 0. The van der Waals surface area contributed by atoms with Crippen molar-refractivity contribution in [3.05, 3.63) is 0 Å². The maximum absolute atomic E-state index is 12.2. The second-order valence-corrected chi connectivity index (χ2v) is 4.43. The molecule has 2 rings (SSSR count). The van der Waals surface area contributed by atoms with E-state index in [1.54, 1.807) is 0 Å². The monoisotopic (exact) mass is 237 g/mol. The fourth-order valence-electron chi connectivity index (χ4n) is 2.06. The summed E-state index contributed by atoms with van der Waals surface area (Å²) in [6.07, 6.45) is -1.13. The van der Waals surface area contributed by atoms with Crippen molar-refractivity contribution in [3.8, 4) is 0 Å². The lowest BCUT2D eigenvalue weighted by molar-refractivity contribution is -0.204. The van der Waals surface area contributed by atoms with E-state index in [9.17, 15) is 18.0 Å². The fraction of sp³-hybridized carbons (Fsp3) is 0.900. The van der Waals surface area contributed by atoms with Gasteiger partial charge in [0, 0.05) is 13.1 Å². The maximum Gasteiger partial charge on any atom is 0.410 e. The van der Waals surface area contributed by atoms with Gasteiger partial charge in [-0.3, -0.25) is 0 Å². The first-order chi connectivity index (χ1) is 7.47. The molecule has 0 spiro atoms. The first-order valence-electron chi connectivity index (χ1n) is 5.49. The summed E-state index contributed by atoms with van der Waals surface area (Å²) in [6.45, 7) is -0.510. The van der Waals surface area contributed by atoms with E-state index in [0.29, 0.717) is 0 Å². The molecule has 0 N–H and O–H groups in total. The molecule has 0 atom stereocenters. The number of likely N-dealkylation sites (tertiary alicyclic amines) is 1. The summed E-state index contributed by atoms with van der Waals surface area (Å²) in [6, 6.07) is 0. The summed E-state index contributed by atoms with van der Waals surface area (Å²) < 4.78 is 41.6. The van der Waals surface area contributed by atoms with E-state index >= 15 is 0 Å². The van der Waals surface area contributed by atoms with Gasteiger partial charge in [0.05, 0.1) is 5.92 Å². The van der Waals surface area contributed by atoms with Crippen LogP contribution in [0.15, 0.2) is 0 Å². The van der Waals surface area contributed by atoms with Crippen LogP contribution in [-0.2, 0) is 4.74 Å². The molecule has 1 aliphatic carbocycles. The Balaban J connectivity index is 1.72. The van der Waals surface area contributed by atoms with Crippen LogP contribution >= 0.6 is 0 Å². The van der Waals surface area contributed by atoms with Gasteiger partial charge in [-0.15, -0.1) is 0 Å². The third kappa shape index (κ3) is 2.41. The van der Waals surface area contributed by atoms with Crippen LogP contribution in [0.2, 0.25) is 0 Å². The van der Waals surface area contributed by atoms with Gasteiger partial charge in [-0.1, -0.05) is 0 Å². The Morgan fingerprint density at radius 2 is 1.75 bits per heavy atom. The molecule has 2 aliphatic rings. The zero-order valence-corrected chi connectivity index (χ0v) is 8.79. The quantitative estimate of drug-likeness (QED) is 0.701. The topological polar surface area (TPSA) is 29.5 Å². The number of alkyl halides is 3. The van der Waals surface area contributed by atoms with Gasteiger partial charge in [-0.2, -0.15) is 13.2 Å². The number of nitrogens with zero attached hydrogens (tertiary/aromatic N) is 1. The molecule has 2 fully saturated rings. The number of rotatable bonds is 1. The molecule has 0 bridgehead atoms. The molecular formula is C10H14F3NO2. The Morgan fingerprint density at radius 1 is 1.19 bits per heavy atom. The average Bonchev–Trinajstić information content (AvgIpc) is 2.50. The van der Waals surface area contributed by atoms with Crippen molar-refractivity contribution < 1.29 is 22.7 Å². The number of halogens is 3. The smallest absolute Gasteiger partial charge is 0.410 e. The number of carbonyl (C=O) groups excluding carboxylic acids is 1. The van der Waals surface area contributed by atoms with Crippen molar-refractivity contribution in [2.75, 3.05) is 13.1 Å². The first-order valence-corrected chi connectivity index (χ1v) is 5.49. The minimum absolute atomic E-state index is 0.0857. The van der Waals surface area contributed by atoms with Gasteiger partial charge in [0.25, 0.3) is 0 Å². The van der Waals surface area contributed by atoms with E-state index in [1.807, 2.05) is 0 Å². The second-order valence-electron chi connectivity index (χ2n) is 4.43. The van der Waals surface area contributed by atoms with Gasteiger partial charge in [0.15, 0.2) is 0 Å². The third-order valence-corrected chi connectivity index (χ3v) is 3.17. The average molecular weight is 237 g/mol. The molecule has 0 unspecified atom stereocenters. The molecule has 0 radical (unpaired) electrons. The van der Waals surface area contributed by atoms with Gasteiger partial charge in [0.2, 0.25) is 0 Å². The SMILES string of the molecule is O=C(OC1CCCC1)N1CC(C(F)(F)F)C1. The van der Waals surface area contributed by atoms with Crippen molar-refractivity contribution in [2.45, 2.75) is 38.0 Å². The van der Waals surface area contributed by atoms with Gasteiger partial charge in [-0.25, -0.2) is 4.79 Å². The van der Waals surface area contributed by atoms with Crippen LogP contribution in [0.25, 0.3) is 0 Å². The predicted molar refractivity (Wildman–Crippen MR) is 49.9 cm³/mol. The lowest BCUT2D eigenvalue weighted by atomic mass is 10.0. The minimum Gasteiger partial charge on any atom is -0.446 e. The highest BCUT2D eigenvalue weighted by Crippen LogP contribution is 2.34. The standard InChI is InChI=1S/C10H14F3NO2/c11-10(12,13)7-5-14(6-7)9(15)16-8-3-1-2-4-8/h7-8H,1-6H2. The van der Waals surface area contributed by atoms with Crippen molar-refractivity contribution in [3.63, 3.8) is 0 Å². The zero-order valence-electron chi connectivity index (χ0n) is 8.79. The highest BCUT2D eigenvalue weighted by Gasteiger charge is 2.49. The van der Waals surface area contributed by atoms with Crippen LogP contribution in [0.1, 0.15) is 25.7 Å². The number of hydrogen-bond acceptors (Lipinski definition) is 2. The molecule has 0 aromatic rings.